The van der Waals surface area contributed by atoms with Crippen molar-refractivity contribution in [3.8, 4) is 0 Å². The number of H-pyrrole nitrogens is 1. The number of aliphatic hydroxyl groups excluding tert-OH is 3. The fraction of sp³-hybridized carbons (Fsp3) is 0.375. The van der Waals surface area contributed by atoms with Gasteiger partial charge in [0.25, 0.3) is 5.56 Å². The lowest BCUT2D eigenvalue weighted by Crippen LogP contribution is -2.48. The average molecular weight is 413 g/mol. The molecule has 2 heterocycles. The monoisotopic (exact) mass is 412 g/mol. The molecule has 0 amide bonds. The molecular formula is C16H17BrN2O6. The molecular weight excluding hydrogens is 396 g/mol. The number of aromatic nitrogens is 2. The topological polar surface area (TPSA) is 125 Å². The number of halogens is 1. The van der Waals surface area contributed by atoms with Crippen LogP contribution in [0.1, 0.15) is 11.8 Å². The second kappa shape index (κ2) is 6.85. The quantitative estimate of drug-likeness (QED) is 0.537. The Morgan fingerprint density at radius 2 is 1.92 bits per heavy atom. The molecule has 8 nitrogen and oxygen atoms in total. The van der Waals surface area contributed by atoms with Crippen LogP contribution in [0.15, 0.2) is 50.6 Å². The highest BCUT2D eigenvalue weighted by Crippen LogP contribution is 2.38. The Kier molecular flexibility index (Phi) is 4.94. The fourth-order valence-corrected chi connectivity index (χ4v) is 3.31. The second-order valence-electron chi connectivity index (χ2n) is 5.97. The van der Waals surface area contributed by atoms with E-state index in [1.54, 1.807) is 24.3 Å². The number of ether oxygens (including phenoxy) is 1. The number of nitrogens with zero attached hydrogens (tertiary/aromatic N) is 1. The van der Waals surface area contributed by atoms with E-state index in [0.717, 1.165) is 10.1 Å². The van der Waals surface area contributed by atoms with Gasteiger partial charge in [0.1, 0.15) is 17.8 Å². The van der Waals surface area contributed by atoms with E-state index < -0.39 is 41.9 Å². The minimum atomic E-state index is -1.48. The van der Waals surface area contributed by atoms with Gasteiger partial charge in [0.15, 0.2) is 6.23 Å². The molecule has 2 aromatic rings. The minimum absolute atomic E-state index is 0.0712. The molecule has 1 saturated heterocycles. The molecule has 134 valence electrons. The van der Waals surface area contributed by atoms with Gasteiger partial charge in [0, 0.05) is 12.6 Å². The molecule has 3 rings (SSSR count). The van der Waals surface area contributed by atoms with Gasteiger partial charge in [-0.2, -0.15) is 0 Å². The molecule has 0 radical (unpaired) electrons. The number of nitrogens with one attached hydrogen (secondary N) is 1. The minimum Gasteiger partial charge on any atom is -0.393 e. The van der Waals surface area contributed by atoms with Crippen LogP contribution < -0.4 is 11.2 Å². The summed E-state index contributed by atoms with van der Waals surface area (Å²) in [5, 5.41) is 30.7. The molecule has 1 aromatic carbocycles. The van der Waals surface area contributed by atoms with Crippen LogP contribution in [-0.2, 0) is 11.2 Å². The van der Waals surface area contributed by atoms with Crippen LogP contribution in [-0.4, -0.2) is 49.3 Å². The fourth-order valence-electron chi connectivity index (χ4n) is 2.99. The van der Waals surface area contributed by atoms with Gasteiger partial charge in [-0.1, -0.05) is 30.3 Å². The van der Waals surface area contributed by atoms with Gasteiger partial charge in [0.2, 0.25) is 0 Å². The lowest BCUT2D eigenvalue weighted by Gasteiger charge is -2.30. The molecule has 25 heavy (non-hydrogen) atoms. The van der Waals surface area contributed by atoms with E-state index in [2.05, 4.69) is 20.9 Å². The first-order valence-electron chi connectivity index (χ1n) is 7.58. The van der Waals surface area contributed by atoms with E-state index in [1.807, 2.05) is 6.07 Å². The number of benzene rings is 1. The zero-order valence-electron chi connectivity index (χ0n) is 13.0. The smallest absolute Gasteiger partial charge is 0.330 e. The maximum absolute atomic E-state index is 12.0. The number of aromatic amines is 1. The Balaban J connectivity index is 1.98. The van der Waals surface area contributed by atoms with E-state index in [4.69, 9.17) is 4.74 Å². The number of rotatable bonds is 4. The van der Waals surface area contributed by atoms with E-state index in [0.29, 0.717) is 0 Å². The van der Waals surface area contributed by atoms with Crippen molar-refractivity contribution in [1.29, 1.82) is 0 Å². The molecule has 4 atom stereocenters. The highest BCUT2D eigenvalue weighted by atomic mass is 79.9. The van der Waals surface area contributed by atoms with Crippen molar-refractivity contribution in [2.24, 2.45) is 0 Å². The summed E-state index contributed by atoms with van der Waals surface area (Å²) in [5.41, 5.74) is -2.10. The Morgan fingerprint density at radius 1 is 1.24 bits per heavy atom. The lowest BCUT2D eigenvalue weighted by molar-refractivity contribution is -0.128. The van der Waals surface area contributed by atoms with Crippen molar-refractivity contribution < 1.29 is 20.1 Å². The number of hydrogen-bond acceptors (Lipinski definition) is 6. The van der Waals surface area contributed by atoms with Crippen LogP contribution in [0.4, 0.5) is 0 Å². The summed E-state index contributed by atoms with van der Waals surface area (Å²) >= 11 is 3.01. The van der Waals surface area contributed by atoms with Crippen LogP contribution in [0.25, 0.3) is 0 Å². The molecule has 1 aliphatic rings. The van der Waals surface area contributed by atoms with Crippen molar-refractivity contribution in [2.45, 2.75) is 30.5 Å². The SMILES string of the molecule is O=c1[nH]c(=O)n(C2OC(CO)(Cc3ccccc3)C(O)C2O)cc1Br. The van der Waals surface area contributed by atoms with Crippen molar-refractivity contribution >= 4 is 15.9 Å². The van der Waals surface area contributed by atoms with Gasteiger partial charge in [-0.3, -0.25) is 14.3 Å². The molecule has 0 bridgehead atoms. The molecule has 4 N–H and O–H groups in total. The van der Waals surface area contributed by atoms with Gasteiger partial charge >= 0.3 is 5.69 Å². The summed E-state index contributed by atoms with van der Waals surface area (Å²) in [5.74, 6) is 0. The lowest BCUT2D eigenvalue weighted by atomic mass is 9.89. The molecule has 9 heteroatoms. The summed E-state index contributed by atoms with van der Waals surface area (Å²) in [6.07, 6.45) is -2.84. The molecule has 0 spiro atoms. The van der Waals surface area contributed by atoms with E-state index in [1.165, 1.54) is 6.20 Å². The van der Waals surface area contributed by atoms with Gasteiger partial charge in [-0.15, -0.1) is 0 Å². The molecule has 1 fully saturated rings. The van der Waals surface area contributed by atoms with Gasteiger partial charge in [0.05, 0.1) is 11.1 Å². The summed E-state index contributed by atoms with van der Waals surface area (Å²) < 4.78 is 6.80. The third kappa shape index (κ3) is 3.21. The number of aliphatic hydroxyl groups is 3. The highest BCUT2D eigenvalue weighted by Gasteiger charge is 2.54. The van der Waals surface area contributed by atoms with Crippen LogP contribution in [0.2, 0.25) is 0 Å². The predicted octanol–water partition coefficient (Wildman–Crippen LogP) is -0.476. The standard InChI is InChI=1S/C16H17BrN2O6/c17-10-7-19(15(24)18-13(10)23)14-11(21)12(22)16(8-20,25-14)6-9-4-2-1-3-5-9/h1-5,7,11-12,14,20-22H,6,8H2,(H,18,23,24). The summed E-state index contributed by atoms with van der Waals surface area (Å²) in [4.78, 5) is 25.6. The molecule has 0 saturated carbocycles. The summed E-state index contributed by atoms with van der Waals surface area (Å²) in [6, 6.07) is 9.04. The largest absolute Gasteiger partial charge is 0.393 e. The van der Waals surface area contributed by atoms with Crippen molar-refractivity contribution in [3.05, 3.63) is 67.4 Å². The Bertz CT molecular complexity index is 867. The first-order valence-corrected chi connectivity index (χ1v) is 8.37. The first kappa shape index (κ1) is 18.0. The maximum atomic E-state index is 12.0. The normalized spacial score (nSPS) is 29.0. The number of hydrogen-bond donors (Lipinski definition) is 4. The summed E-state index contributed by atoms with van der Waals surface area (Å²) in [7, 11) is 0. The molecule has 1 aromatic heterocycles. The molecule has 0 aliphatic carbocycles. The third-order valence-corrected chi connectivity index (χ3v) is 4.89. The second-order valence-corrected chi connectivity index (χ2v) is 6.83. The van der Waals surface area contributed by atoms with Crippen LogP contribution in [0.3, 0.4) is 0 Å². The predicted molar refractivity (Wildman–Crippen MR) is 91.1 cm³/mol. The van der Waals surface area contributed by atoms with E-state index >= 15 is 0 Å². The molecule has 1 aliphatic heterocycles. The van der Waals surface area contributed by atoms with Crippen molar-refractivity contribution in [2.75, 3.05) is 6.61 Å². The van der Waals surface area contributed by atoms with Gasteiger partial charge in [-0.25, -0.2) is 4.79 Å². The Labute approximate surface area is 150 Å². The highest BCUT2D eigenvalue weighted by molar-refractivity contribution is 9.10. The van der Waals surface area contributed by atoms with Gasteiger partial charge < -0.3 is 20.1 Å². The Morgan fingerprint density at radius 3 is 2.56 bits per heavy atom. The first-order chi connectivity index (χ1) is 11.9. The Hall–Kier alpha value is -1.78. The van der Waals surface area contributed by atoms with Crippen molar-refractivity contribution in [3.63, 3.8) is 0 Å². The van der Waals surface area contributed by atoms with Crippen molar-refractivity contribution in [1.82, 2.24) is 9.55 Å². The van der Waals surface area contributed by atoms with Crippen LogP contribution >= 0.6 is 15.9 Å². The zero-order valence-corrected chi connectivity index (χ0v) is 14.6. The average Bonchev–Trinajstić information content (AvgIpc) is 2.85. The van der Waals surface area contributed by atoms with Crippen LogP contribution in [0.5, 0.6) is 0 Å². The summed E-state index contributed by atoms with van der Waals surface area (Å²) in [6.45, 7) is -0.560. The maximum Gasteiger partial charge on any atom is 0.330 e. The van der Waals surface area contributed by atoms with E-state index in [-0.39, 0.29) is 10.9 Å². The van der Waals surface area contributed by atoms with Crippen LogP contribution in [0, 0.1) is 0 Å². The third-order valence-electron chi connectivity index (χ3n) is 4.32. The zero-order chi connectivity index (χ0) is 18.2. The van der Waals surface area contributed by atoms with E-state index in [9.17, 15) is 24.9 Å². The van der Waals surface area contributed by atoms with Gasteiger partial charge in [-0.05, 0) is 21.5 Å². The molecule has 4 unspecified atom stereocenters.